The molecule has 2 rings (SSSR count). The monoisotopic (exact) mass is 198 g/mol. The van der Waals surface area contributed by atoms with Crippen molar-refractivity contribution >= 4 is 11.9 Å². The third-order valence-electron chi connectivity index (χ3n) is 3.01. The van der Waals surface area contributed by atoms with Crippen molar-refractivity contribution in [3.05, 3.63) is 0 Å². The van der Waals surface area contributed by atoms with Crippen LogP contribution in [0, 0.1) is 5.92 Å². The summed E-state index contributed by atoms with van der Waals surface area (Å²) in [6.07, 6.45) is 2.69. The van der Waals surface area contributed by atoms with Gasteiger partial charge >= 0.3 is 6.03 Å². The lowest BCUT2D eigenvalue weighted by atomic mass is 9.81. The second-order valence-corrected chi connectivity index (χ2v) is 3.80. The molecule has 2 aliphatic rings. The van der Waals surface area contributed by atoms with Gasteiger partial charge in [-0.2, -0.15) is 0 Å². The van der Waals surface area contributed by atoms with Crippen LogP contribution in [0.15, 0.2) is 0 Å². The highest BCUT2D eigenvalue weighted by molar-refractivity contribution is 5.98. The van der Waals surface area contributed by atoms with Crippen LogP contribution in [0.3, 0.4) is 0 Å². The van der Waals surface area contributed by atoms with Gasteiger partial charge in [-0.15, -0.1) is 0 Å². The molecule has 1 saturated carbocycles. The Labute approximate surface area is 82.2 Å². The van der Waals surface area contributed by atoms with Gasteiger partial charge in [-0.25, -0.2) is 4.79 Å². The first kappa shape index (κ1) is 9.45. The Hall–Kier alpha value is -1.10. The average molecular weight is 198 g/mol. The zero-order chi connectivity index (χ0) is 10.1. The summed E-state index contributed by atoms with van der Waals surface area (Å²) >= 11 is 0. The van der Waals surface area contributed by atoms with Crippen LogP contribution in [0.2, 0.25) is 0 Å². The third kappa shape index (κ3) is 1.48. The number of fused-ring (bicyclic) bond motifs is 1. The van der Waals surface area contributed by atoms with Gasteiger partial charge in [0.1, 0.15) is 0 Å². The molecule has 2 N–H and O–H groups in total. The molecule has 78 valence electrons. The number of urea groups is 1. The van der Waals surface area contributed by atoms with E-state index in [-0.39, 0.29) is 24.0 Å². The summed E-state index contributed by atoms with van der Waals surface area (Å²) in [4.78, 5) is 22.6. The van der Waals surface area contributed by atoms with Crippen LogP contribution in [-0.4, -0.2) is 31.2 Å². The van der Waals surface area contributed by atoms with Crippen LogP contribution in [0.1, 0.15) is 19.3 Å². The zero-order valence-corrected chi connectivity index (χ0v) is 8.08. The third-order valence-corrected chi connectivity index (χ3v) is 3.01. The largest absolute Gasteiger partial charge is 0.379 e. The van der Waals surface area contributed by atoms with E-state index < -0.39 is 6.03 Å². The van der Waals surface area contributed by atoms with Crippen LogP contribution in [-0.2, 0) is 9.53 Å². The molecule has 1 aliphatic heterocycles. The van der Waals surface area contributed by atoms with Gasteiger partial charge in [0, 0.05) is 7.11 Å². The van der Waals surface area contributed by atoms with E-state index >= 15 is 0 Å². The lowest BCUT2D eigenvalue weighted by Gasteiger charge is -2.39. The van der Waals surface area contributed by atoms with E-state index in [2.05, 4.69) is 10.6 Å². The molecule has 14 heavy (non-hydrogen) atoms. The van der Waals surface area contributed by atoms with Crippen LogP contribution in [0.4, 0.5) is 4.79 Å². The standard InChI is InChI=1S/C9H14N2O3/c1-14-6-4-2-3-5-7(6)10-9(13)11-8(5)12/h5-7H,2-4H2,1H3,(H2,10,11,12,13). The molecule has 5 heteroatoms. The number of imide groups is 1. The molecule has 0 aromatic rings. The molecule has 3 atom stereocenters. The van der Waals surface area contributed by atoms with Gasteiger partial charge in [0.25, 0.3) is 0 Å². The zero-order valence-electron chi connectivity index (χ0n) is 8.08. The summed E-state index contributed by atoms with van der Waals surface area (Å²) in [6.45, 7) is 0. The van der Waals surface area contributed by atoms with Crippen molar-refractivity contribution in [2.75, 3.05) is 7.11 Å². The lowest BCUT2D eigenvalue weighted by molar-refractivity contribution is -0.129. The molecule has 0 aromatic carbocycles. The van der Waals surface area contributed by atoms with E-state index in [4.69, 9.17) is 4.74 Å². The highest BCUT2D eigenvalue weighted by Gasteiger charge is 2.42. The number of rotatable bonds is 1. The molecular formula is C9H14N2O3. The quantitative estimate of drug-likeness (QED) is 0.623. The molecule has 1 heterocycles. The number of nitrogens with one attached hydrogen (secondary N) is 2. The molecule has 5 nitrogen and oxygen atoms in total. The van der Waals surface area contributed by atoms with Crippen LogP contribution in [0.5, 0.6) is 0 Å². The molecule has 0 aromatic heterocycles. The van der Waals surface area contributed by atoms with Crippen LogP contribution in [0.25, 0.3) is 0 Å². The highest BCUT2D eigenvalue weighted by atomic mass is 16.5. The van der Waals surface area contributed by atoms with E-state index in [1.54, 1.807) is 7.11 Å². The van der Waals surface area contributed by atoms with E-state index in [1.165, 1.54) is 0 Å². The maximum atomic E-state index is 11.5. The van der Waals surface area contributed by atoms with Crippen molar-refractivity contribution in [2.45, 2.75) is 31.4 Å². The molecule has 1 aliphatic carbocycles. The summed E-state index contributed by atoms with van der Waals surface area (Å²) < 4.78 is 5.26. The molecule has 2 fully saturated rings. The van der Waals surface area contributed by atoms with Gasteiger partial charge in [-0.05, 0) is 19.3 Å². The van der Waals surface area contributed by atoms with E-state index in [1.807, 2.05) is 0 Å². The minimum Gasteiger partial charge on any atom is -0.379 e. The maximum Gasteiger partial charge on any atom is 0.321 e. The van der Waals surface area contributed by atoms with Crippen molar-refractivity contribution in [1.29, 1.82) is 0 Å². The number of amides is 3. The van der Waals surface area contributed by atoms with Crippen molar-refractivity contribution in [1.82, 2.24) is 10.6 Å². The van der Waals surface area contributed by atoms with Crippen molar-refractivity contribution in [3.63, 3.8) is 0 Å². The molecule has 1 saturated heterocycles. The van der Waals surface area contributed by atoms with Crippen molar-refractivity contribution in [2.24, 2.45) is 5.92 Å². The normalized spacial score (nSPS) is 37.1. The van der Waals surface area contributed by atoms with Crippen molar-refractivity contribution < 1.29 is 14.3 Å². The predicted octanol–water partition coefficient (Wildman–Crippen LogP) is 0.00950. The smallest absolute Gasteiger partial charge is 0.321 e. The molecule has 3 unspecified atom stereocenters. The first-order chi connectivity index (χ1) is 6.72. The Morgan fingerprint density at radius 1 is 1.36 bits per heavy atom. The lowest BCUT2D eigenvalue weighted by Crippen LogP contribution is -2.63. The Kier molecular flexibility index (Phi) is 2.41. The number of hydrogen-bond acceptors (Lipinski definition) is 3. The molecular weight excluding hydrogens is 184 g/mol. The van der Waals surface area contributed by atoms with Crippen molar-refractivity contribution in [3.8, 4) is 0 Å². The predicted molar refractivity (Wildman–Crippen MR) is 48.6 cm³/mol. The average Bonchev–Trinajstić information content (AvgIpc) is 2.17. The van der Waals surface area contributed by atoms with Crippen LogP contribution < -0.4 is 10.6 Å². The van der Waals surface area contributed by atoms with Gasteiger partial charge in [0.15, 0.2) is 0 Å². The van der Waals surface area contributed by atoms with Gasteiger partial charge in [0.05, 0.1) is 18.1 Å². The van der Waals surface area contributed by atoms with Gasteiger partial charge in [0.2, 0.25) is 5.91 Å². The number of hydrogen-bond donors (Lipinski definition) is 2. The summed E-state index contributed by atoms with van der Waals surface area (Å²) in [5.74, 6) is -0.285. The van der Waals surface area contributed by atoms with Crippen LogP contribution >= 0.6 is 0 Å². The van der Waals surface area contributed by atoms with Gasteiger partial charge < -0.3 is 10.1 Å². The van der Waals surface area contributed by atoms with Gasteiger partial charge in [-0.3, -0.25) is 10.1 Å². The van der Waals surface area contributed by atoms with E-state index in [0.717, 1.165) is 19.3 Å². The fourth-order valence-corrected chi connectivity index (χ4v) is 2.30. The van der Waals surface area contributed by atoms with E-state index in [9.17, 15) is 9.59 Å². The van der Waals surface area contributed by atoms with Gasteiger partial charge in [-0.1, -0.05) is 0 Å². The number of methoxy groups -OCH3 is 1. The summed E-state index contributed by atoms with van der Waals surface area (Å²) in [5.41, 5.74) is 0. The number of carbonyl (C=O) groups excluding carboxylic acids is 2. The molecule has 0 radical (unpaired) electrons. The highest BCUT2D eigenvalue weighted by Crippen LogP contribution is 2.28. The summed E-state index contributed by atoms with van der Waals surface area (Å²) in [5, 5.41) is 5.03. The molecule has 0 spiro atoms. The Morgan fingerprint density at radius 2 is 2.14 bits per heavy atom. The minimum atomic E-state index is -0.403. The van der Waals surface area contributed by atoms with E-state index in [0.29, 0.717) is 0 Å². The fraction of sp³-hybridized carbons (Fsp3) is 0.778. The first-order valence-electron chi connectivity index (χ1n) is 4.86. The fourth-order valence-electron chi connectivity index (χ4n) is 2.30. The summed E-state index contributed by atoms with van der Waals surface area (Å²) in [6, 6.07) is -0.546. The molecule has 3 amide bonds. The molecule has 0 bridgehead atoms. The SMILES string of the molecule is COC1CCCC2C(=O)NC(=O)NC12. The second-order valence-electron chi connectivity index (χ2n) is 3.80. The summed E-state index contributed by atoms with van der Waals surface area (Å²) in [7, 11) is 1.62. The number of ether oxygens (including phenoxy) is 1. The minimum absolute atomic E-state index is 0.0243. The Balaban J connectivity index is 2.16. The Morgan fingerprint density at radius 3 is 2.86 bits per heavy atom. The topological polar surface area (TPSA) is 67.4 Å². The maximum absolute atomic E-state index is 11.5. The Bertz CT molecular complexity index is 267. The number of carbonyl (C=O) groups is 2. The first-order valence-corrected chi connectivity index (χ1v) is 4.86. The second kappa shape index (κ2) is 3.57.